The van der Waals surface area contributed by atoms with Crippen LogP contribution in [0.25, 0.3) is 0 Å². The van der Waals surface area contributed by atoms with E-state index in [0.717, 1.165) is 4.90 Å². The number of hydrogen-bond acceptors (Lipinski definition) is 6. The summed E-state index contributed by atoms with van der Waals surface area (Å²) in [7, 11) is 0. The minimum atomic E-state index is -0.830. The van der Waals surface area contributed by atoms with Gasteiger partial charge in [0, 0.05) is 5.56 Å². The Morgan fingerprint density at radius 3 is 2.07 bits per heavy atom. The average molecular weight is 367 g/mol. The third-order valence-corrected chi connectivity index (χ3v) is 4.02. The highest BCUT2D eigenvalue weighted by molar-refractivity contribution is 6.22. The summed E-state index contributed by atoms with van der Waals surface area (Å²) >= 11 is 0. The first-order chi connectivity index (χ1) is 13.0. The van der Waals surface area contributed by atoms with Crippen molar-refractivity contribution in [2.75, 3.05) is 19.8 Å². The van der Waals surface area contributed by atoms with Gasteiger partial charge in [-0.2, -0.15) is 0 Å². The van der Waals surface area contributed by atoms with Crippen LogP contribution in [0.4, 0.5) is 0 Å². The van der Waals surface area contributed by atoms with Crippen molar-refractivity contribution >= 4 is 23.6 Å². The lowest BCUT2D eigenvalue weighted by Gasteiger charge is -2.12. The molecule has 7 nitrogen and oxygen atoms in total. The molecule has 0 atom stereocenters. The van der Waals surface area contributed by atoms with Gasteiger partial charge >= 0.3 is 5.97 Å². The molecule has 0 N–H and O–H groups in total. The Morgan fingerprint density at radius 2 is 1.52 bits per heavy atom. The lowest BCUT2D eigenvalue weighted by atomic mass is 10.1. The zero-order chi connectivity index (χ0) is 19.4. The van der Waals surface area contributed by atoms with Crippen molar-refractivity contribution in [2.45, 2.75) is 6.92 Å². The SMILES string of the molecule is CCOc1ccc(C(=O)COC(=O)CN2C(=O)c3ccccc3C2=O)cc1. The minimum Gasteiger partial charge on any atom is -0.494 e. The molecule has 1 heterocycles. The lowest BCUT2D eigenvalue weighted by molar-refractivity contribution is -0.142. The van der Waals surface area contributed by atoms with Crippen LogP contribution in [0.15, 0.2) is 48.5 Å². The smallest absolute Gasteiger partial charge is 0.326 e. The molecule has 0 bridgehead atoms. The van der Waals surface area contributed by atoms with E-state index in [1.165, 1.54) is 12.1 Å². The Hall–Kier alpha value is -3.48. The van der Waals surface area contributed by atoms with E-state index in [-0.39, 0.29) is 11.1 Å². The number of hydrogen-bond donors (Lipinski definition) is 0. The number of amides is 2. The van der Waals surface area contributed by atoms with E-state index in [0.29, 0.717) is 17.9 Å². The number of carbonyl (C=O) groups excluding carboxylic acids is 4. The van der Waals surface area contributed by atoms with Crippen LogP contribution in [-0.4, -0.2) is 48.2 Å². The zero-order valence-electron chi connectivity index (χ0n) is 14.6. The highest BCUT2D eigenvalue weighted by Crippen LogP contribution is 2.22. The summed E-state index contributed by atoms with van der Waals surface area (Å²) in [5.41, 5.74) is 0.869. The van der Waals surface area contributed by atoms with Gasteiger partial charge in [-0.3, -0.25) is 24.1 Å². The summed E-state index contributed by atoms with van der Waals surface area (Å²) in [4.78, 5) is 49.3. The molecule has 0 aromatic heterocycles. The molecule has 27 heavy (non-hydrogen) atoms. The second-order valence-electron chi connectivity index (χ2n) is 5.78. The number of fused-ring (bicyclic) bond motifs is 1. The molecule has 7 heteroatoms. The fourth-order valence-corrected chi connectivity index (χ4v) is 2.69. The van der Waals surface area contributed by atoms with Gasteiger partial charge in [0.15, 0.2) is 12.4 Å². The molecule has 0 saturated carbocycles. The Morgan fingerprint density at radius 1 is 0.926 bits per heavy atom. The maximum Gasteiger partial charge on any atom is 0.326 e. The lowest BCUT2D eigenvalue weighted by Crippen LogP contribution is -2.36. The van der Waals surface area contributed by atoms with Crippen molar-refractivity contribution in [1.29, 1.82) is 0 Å². The quantitative estimate of drug-likeness (QED) is 0.423. The predicted octanol–water partition coefficient (Wildman–Crippen LogP) is 2.11. The largest absolute Gasteiger partial charge is 0.494 e. The van der Waals surface area contributed by atoms with Crippen molar-refractivity contribution in [2.24, 2.45) is 0 Å². The molecule has 1 aliphatic rings. The molecule has 0 unspecified atom stereocenters. The van der Waals surface area contributed by atoms with Crippen LogP contribution >= 0.6 is 0 Å². The Labute approximate surface area is 155 Å². The Balaban J connectivity index is 1.55. The number of rotatable bonds is 7. The average Bonchev–Trinajstić information content (AvgIpc) is 2.92. The van der Waals surface area contributed by atoms with E-state index in [2.05, 4.69) is 0 Å². The van der Waals surface area contributed by atoms with Gasteiger partial charge in [-0.25, -0.2) is 0 Å². The molecular formula is C20H17NO6. The minimum absolute atomic E-state index is 0.251. The molecule has 138 valence electrons. The summed E-state index contributed by atoms with van der Waals surface area (Å²) in [6, 6.07) is 12.8. The molecule has 0 saturated heterocycles. The van der Waals surface area contributed by atoms with E-state index < -0.39 is 36.7 Å². The number of esters is 1. The third-order valence-electron chi connectivity index (χ3n) is 4.02. The molecule has 1 aliphatic heterocycles. The van der Waals surface area contributed by atoms with Crippen LogP contribution in [0.3, 0.4) is 0 Å². The second kappa shape index (κ2) is 7.82. The highest BCUT2D eigenvalue weighted by atomic mass is 16.5. The van der Waals surface area contributed by atoms with Crippen molar-refractivity contribution < 1.29 is 28.7 Å². The van der Waals surface area contributed by atoms with Gasteiger partial charge in [0.1, 0.15) is 12.3 Å². The third kappa shape index (κ3) is 3.87. The maximum absolute atomic E-state index is 12.2. The number of ether oxygens (including phenoxy) is 2. The van der Waals surface area contributed by atoms with Crippen LogP contribution in [0.1, 0.15) is 38.0 Å². The standard InChI is InChI=1S/C20H17NO6/c1-2-26-14-9-7-13(8-10-14)17(22)12-27-18(23)11-21-19(24)15-5-3-4-6-16(15)20(21)25/h3-10H,2,11-12H2,1H3. The number of imide groups is 1. The number of benzene rings is 2. The second-order valence-corrected chi connectivity index (χ2v) is 5.78. The molecule has 2 aromatic rings. The monoisotopic (exact) mass is 367 g/mol. The predicted molar refractivity (Wildman–Crippen MR) is 94.7 cm³/mol. The van der Waals surface area contributed by atoms with E-state index in [1.54, 1.807) is 36.4 Å². The van der Waals surface area contributed by atoms with Crippen LogP contribution in [0.2, 0.25) is 0 Å². The number of ketones is 1. The topological polar surface area (TPSA) is 90.0 Å². The number of carbonyl (C=O) groups is 4. The fraction of sp³-hybridized carbons (Fsp3) is 0.200. The fourth-order valence-electron chi connectivity index (χ4n) is 2.69. The normalized spacial score (nSPS) is 12.7. The first-order valence-corrected chi connectivity index (χ1v) is 8.38. The molecule has 0 radical (unpaired) electrons. The van der Waals surface area contributed by atoms with Gasteiger partial charge in [0.2, 0.25) is 0 Å². The van der Waals surface area contributed by atoms with E-state index in [9.17, 15) is 19.2 Å². The molecule has 3 rings (SSSR count). The number of nitrogens with zero attached hydrogens (tertiary/aromatic N) is 1. The van der Waals surface area contributed by atoms with Gasteiger partial charge < -0.3 is 9.47 Å². The van der Waals surface area contributed by atoms with Gasteiger partial charge in [0.25, 0.3) is 11.8 Å². The van der Waals surface area contributed by atoms with E-state index in [4.69, 9.17) is 9.47 Å². The molecule has 0 fully saturated rings. The zero-order valence-corrected chi connectivity index (χ0v) is 14.6. The summed E-state index contributed by atoms with van der Waals surface area (Å²) in [5.74, 6) is -1.69. The Bertz CT molecular complexity index is 868. The summed E-state index contributed by atoms with van der Waals surface area (Å²) in [5, 5.41) is 0. The van der Waals surface area contributed by atoms with Gasteiger partial charge in [-0.15, -0.1) is 0 Å². The maximum atomic E-state index is 12.2. The molecular weight excluding hydrogens is 350 g/mol. The van der Waals surface area contributed by atoms with Crippen LogP contribution in [0.5, 0.6) is 5.75 Å². The van der Waals surface area contributed by atoms with Gasteiger partial charge in [-0.05, 0) is 43.3 Å². The summed E-state index contributed by atoms with van der Waals surface area (Å²) < 4.78 is 10.2. The van der Waals surface area contributed by atoms with Gasteiger partial charge in [-0.1, -0.05) is 12.1 Å². The first kappa shape index (κ1) is 18.3. The Kier molecular flexibility index (Phi) is 5.30. The van der Waals surface area contributed by atoms with Crippen LogP contribution < -0.4 is 4.74 Å². The molecule has 2 aromatic carbocycles. The van der Waals surface area contributed by atoms with Crippen molar-refractivity contribution in [1.82, 2.24) is 4.90 Å². The van der Waals surface area contributed by atoms with Gasteiger partial charge in [0.05, 0.1) is 17.7 Å². The number of Topliss-reactive ketones (excluding diaryl/α,β-unsaturated/α-hetero) is 1. The molecule has 2 amide bonds. The van der Waals surface area contributed by atoms with E-state index >= 15 is 0 Å². The van der Waals surface area contributed by atoms with Crippen molar-refractivity contribution in [3.05, 3.63) is 65.2 Å². The van der Waals surface area contributed by atoms with Crippen molar-refractivity contribution in [3.63, 3.8) is 0 Å². The van der Waals surface area contributed by atoms with Crippen LogP contribution in [-0.2, 0) is 9.53 Å². The van der Waals surface area contributed by atoms with Crippen LogP contribution in [0, 0.1) is 0 Å². The first-order valence-electron chi connectivity index (χ1n) is 8.38. The molecule has 0 aliphatic carbocycles. The molecule has 0 spiro atoms. The summed E-state index contributed by atoms with van der Waals surface area (Å²) in [6.07, 6.45) is 0. The van der Waals surface area contributed by atoms with Crippen molar-refractivity contribution in [3.8, 4) is 5.75 Å². The van der Waals surface area contributed by atoms with E-state index in [1.807, 2.05) is 6.92 Å². The summed E-state index contributed by atoms with van der Waals surface area (Å²) in [6.45, 7) is 1.36. The highest BCUT2D eigenvalue weighted by Gasteiger charge is 2.36.